The average molecular weight is 293 g/mol. The number of nitriles is 1. The molecule has 0 spiro atoms. The number of likely N-dealkylation sites (N-methyl/N-ethyl adjacent to an activating group) is 1. The van der Waals surface area contributed by atoms with Crippen LogP contribution in [0.1, 0.15) is 18.1 Å². The van der Waals surface area contributed by atoms with Crippen LogP contribution in [0.3, 0.4) is 0 Å². The summed E-state index contributed by atoms with van der Waals surface area (Å²) < 4.78 is 0. The maximum atomic E-state index is 9.05. The summed E-state index contributed by atoms with van der Waals surface area (Å²) >= 11 is 0. The Balaban J connectivity index is 2.06. The zero-order chi connectivity index (χ0) is 15.8. The zero-order valence-corrected chi connectivity index (χ0v) is 12.6. The Bertz CT molecular complexity index is 654. The van der Waals surface area contributed by atoms with Crippen molar-refractivity contribution in [3.63, 3.8) is 0 Å². The van der Waals surface area contributed by atoms with Gasteiger partial charge in [-0.2, -0.15) is 5.26 Å². The Morgan fingerprint density at radius 3 is 2.36 bits per heavy atom. The van der Waals surface area contributed by atoms with E-state index in [2.05, 4.69) is 22.9 Å². The van der Waals surface area contributed by atoms with Crippen molar-refractivity contribution >= 4 is 17.6 Å². The van der Waals surface area contributed by atoms with E-state index in [0.29, 0.717) is 12.1 Å². The summed E-state index contributed by atoms with van der Waals surface area (Å²) in [6.45, 7) is 3.69. The highest BCUT2D eigenvalue weighted by Gasteiger charge is 2.02. The second-order valence-electron chi connectivity index (χ2n) is 4.81. The summed E-state index contributed by atoms with van der Waals surface area (Å²) in [5.41, 5.74) is 3.55. The summed E-state index contributed by atoms with van der Waals surface area (Å²) in [4.78, 5) is 6.53. The van der Waals surface area contributed by atoms with Crippen LogP contribution in [0.25, 0.3) is 0 Å². The van der Waals surface area contributed by atoms with Crippen LogP contribution in [-0.4, -0.2) is 31.0 Å². The van der Waals surface area contributed by atoms with Crippen LogP contribution in [0.15, 0.2) is 53.5 Å². The van der Waals surface area contributed by atoms with Crippen molar-refractivity contribution in [1.82, 2.24) is 0 Å². The molecule has 0 saturated carbocycles. The van der Waals surface area contributed by atoms with Crippen LogP contribution in [-0.2, 0) is 0 Å². The minimum atomic E-state index is 0.145. The average Bonchev–Trinajstić information content (AvgIpc) is 2.59. The maximum absolute atomic E-state index is 9.05. The molecule has 0 aliphatic rings. The first-order valence-corrected chi connectivity index (χ1v) is 7.27. The Morgan fingerprint density at radius 2 is 1.82 bits per heavy atom. The monoisotopic (exact) mass is 293 g/mol. The number of aliphatic imine (C=N–C) groups is 1. The van der Waals surface area contributed by atoms with Crippen molar-refractivity contribution in [2.45, 2.75) is 6.92 Å². The topological polar surface area (TPSA) is 59.6 Å². The number of anilines is 1. The van der Waals surface area contributed by atoms with E-state index in [-0.39, 0.29) is 6.61 Å². The van der Waals surface area contributed by atoms with E-state index in [1.807, 2.05) is 36.4 Å². The van der Waals surface area contributed by atoms with Crippen molar-refractivity contribution in [1.29, 1.82) is 5.26 Å². The van der Waals surface area contributed by atoms with Gasteiger partial charge in [0.05, 0.1) is 23.9 Å². The first-order valence-electron chi connectivity index (χ1n) is 7.27. The van der Waals surface area contributed by atoms with Gasteiger partial charge in [0.1, 0.15) is 0 Å². The van der Waals surface area contributed by atoms with Gasteiger partial charge in [-0.1, -0.05) is 12.1 Å². The summed E-state index contributed by atoms with van der Waals surface area (Å²) in [5, 5.41) is 17.8. The number of hydrogen-bond acceptors (Lipinski definition) is 4. The fraction of sp³-hybridized carbons (Fsp3) is 0.222. The normalized spacial score (nSPS) is 10.6. The molecule has 0 fully saturated rings. The molecule has 0 saturated heterocycles. The molecule has 1 N–H and O–H groups in total. The highest BCUT2D eigenvalue weighted by molar-refractivity contribution is 5.82. The number of rotatable bonds is 6. The van der Waals surface area contributed by atoms with E-state index >= 15 is 0 Å². The molecule has 0 aliphatic heterocycles. The van der Waals surface area contributed by atoms with Gasteiger partial charge < -0.3 is 10.0 Å². The van der Waals surface area contributed by atoms with E-state index in [1.165, 1.54) is 0 Å². The number of hydrogen-bond donors (Lipinski definition) is 1. The third-order valence-electron chi connectivity index (χ3n) is 3.37. The van der Waals surface area contributed by atoms with Crippen molar-refractivity contribution in [3.8, 4) is 6.07 Å². The summed E-state index contributed by atoms with van der Waals surface area (Å²) in [5.74, 6) is 0. The van der Waals surface area contributed by atoms with Crippen molar-refractivity contribution in [3.05, 3.63) is 59.7 Å². The molecule has 2 aromatic rings. The molecule has 0 heterocycles. The second-order valence-corrected chi connectivity index (χ2v) is 4.81. The first kappa shape index (κ1) is 15.7. The van der Waals surface area contributed by atoms with E-state index in [0.717, 1.165) is 23.5 Å². The van der Waals surface area contributed by atoms with Crippen molar-refractivity contribution < 1.29 is 5.11 Å². The van der Waals surface area contributed by atoms with Gasteiger partial charge in [-0.25, -0.2) is 0 Å². The lowest BCUT2D eigenvalue weighted by molar-refractivity contribution is 0.302. The molecular formula is C18H19N3O. The molecule has 0 radical (unpaired) electrons. The summed E-state index contributed by atoms with van der Waals surface area (Å²) in [7, 11) is 0. The molecule has 2 aromatic carbocycles. The van der Waals surface area contributed by atoms with Gasteiger partial charge in [0.25, 0.3) is 0 Å². The summed E-state index contributed by atoms with van der Waals surface area (Å²) in [6.07, 6.45) is 1.78. The van der Waals surface area contributed by atoms with Gasteiger partial charge in [-0.15, -0.1) is 0 Å². The van der Waals surface area contributed by atoms with Crippen LogP contribution in [0, 0.1) is 11.3 Å². The first-order chi connectivity index (χ1) is 10.8. The molecule has 4 nitrogen and oxygen atoms in total. The molecule has 0 atom stereocenters. The molecule has 0 amide bonds. The third-order valence-corrected chi connectivity index (χ3v) is 3.37. The van der Waals surface area contributed by atoms with Crippen molar-refractivity contribution in [2.75, 3.05) is 24.6 Å². The van der Waals surface area contributed by atoms with Gasteiger partial charge >= 0.3 is 0 Å². The van der Waals surface area contributed by atoms with E-state index < -0.39 is 0 Å². The smallest absolute Gasteiger partial charge is 0.0991 e. The SMILES string of the molecule is CCN(CCO)c1ccc(N=Cc2ccc(C#N)cc2)cc1. The van der Waals surface area contributed by atoms with Crippen LogP contribution in [0.4, 0.5) is 11.4 Å². The van der Waals surface area contributed by atoms with Crippen LogP contribution < -0.4 is 4.90 Å². The second kappa shape index (κ2) is 7.96. The van der Waals surface area contributed by atoms with Gasteiger partial charge in [0, 0.05) is 25.0 Å². The lowest BCUT2D eigenvalue weighted by atomic mass is 10.2. The van der Waals surface area contributed by atoms with Gasteiger partial charge in [0.15, 0.2) is 0 Å². The van der Waals surface area contributed by atoms with Gasteiger partial charge in [-0.3, -0.25) is 4.99 Å². The largest absolute Gasteiger partial charge is 0.395 e. The van der Waals surface area contributed by atoms with Gasteiger partial charge in [0.2, 0.25) is 0 Å². The summed E-state index contributed by atoms with van der Waals surface area (Å²) in [6, 6.07) is 17.3. The Labute approximate surface area is 131 Å². The minimum Gasteiger partial charge on any atom is -0.395 e. The van der Waals surface area contributed by atoms with Crippen molar-refractivity contribution in [2.24, 2.45) is 4.99 Å². The molecule has 4 heteroatoms. The quantitative estimate of drug-likeness (QED) is 0.832. The predicted molar refractivity (Wildman–Crippen MR) is 89.8 cm³/mol. The molecule has 0 aromatic heterocycles. The minimum absolute atomic E-state index is 0.145. The van der Waals surface area contributed by atoms with Crippen LogP contribution >= 0.6 is 0 Å². The highest BCUT2D eigenvalue weighted by atomic mass is 16.3. The fourth-order valence-electron chi connectivity index (χ4n) is 2.13. The zero-order valence-electron chi connectivity index (χ0n) is 12.6. The third kappa shape index (κ3) is 4.18. The van der Waals surface area contributed by atoms with Crippen LogP contribution in [0.5, 0.6) is 0 Å². The lowest BCUT2D eigenvalue weighted by Crippen LogP contribution is -2.25. The molecule has 2 rings (SSSR count). The van der Waals surface area contributed by atoms with E-state index in [9.17, 15) is 0 Å². The van der Waals surface area contributed by atoms with E-state index in [1.54, 1.807) is 18.3 Å². The number of aliphatic hydroxyl groups is 1. The molecule has 0 bridgehead atoms. The Hall–Kier alpha value is -2.64. The predicted octanol–water partition coefficient (Wildman–Crippen LogP) is 3.13. The molecule has 0 aliphatic carbocycles. The van der Waals surface area contributed by atoms with Gasteiger partial charge in [-0.05, 0) is 48.9 Å². The Morgan fingerprint density at radius 1 is 1.14 bits per heavy atom. The Kier molecular flexibility index (Phi) is 5.70. The van der Waals surface area contributed by atoms with Crippen LogP contribution in [0.2, 0.25) is 0 Å². The molecule has 22 heavy (non-hydrogen) atoms. The van der Waals surface area contributed by atoms with E-state index in [4.69, 9.17) is 10.4 Å². The maximum Gasteiger partial charge on any atom is 0.0991 e. The highest BCUT2D eigenvalue weighted by Crippen LogP contribution is 2.19. The number of nitrogens with zero attached hydrogens (tertiary/aromatic N) is 3. The molecule has 0 unspecified atom stereocenters. The number of aliphatic hydroxyl groups excluding tert-OH is 1. The fourth-order valence-corrected chi connectivity index (χ4v) is 2.13. The molecular weight excluding hydrogens is 274 g/mol. The standard InChI is InChI=1S/C18H19N3O/c1-2-21(11-12-22)18-9-7-17(8-10-18)20-14-16-5-3-15(13-19)4-6-16/h3-10,14,22H,2,11-12H2,1H3. The molecule has 112 valence electrons. The number of benzene rings is 2. The lowest BCUT2D eigenvalue weighted by Gasteiger charge is -2.21.